The summed E-state index contributed by atoms with van der Waals surface area (Å²) in [5.74, 6) is -1.02. The van der Waals surface area contributed by atoms with Crippen molar-refractivity contribution in [3.63, 3.8) is 0 Å². The smallest absolute Gasteiger partial charge is 0.422 e. The zero-order valence-electron chi connectivity index (χ0n) is 28.5. The number of carbonyl (C=O) groups excluding carboxylic acids is 3. The second-order valence-electron chi connectivity index (χ2n) is 14.7. The van der Waals surface area contributed by atoms with Crippen molar-refractivity contribution in [2.45, 2.75) is 96.5 Å². The van der Waals surface area contributed by atoms with E-state index in [4.69, 9.17) is 14.2 Å². The Morgan fingerprint density at radius 1 is 1.04 bits per heavy atom. The highest BCUT2D eigenvalue weighted by Gasteiger charge is 2.46. The van der Waals surface area contributed by atoms with Crippen LogP contribution in [0.1, 0.15) is 85.1 Å². The molecule has 2 aromatic carbocycles. The summed E-state index contributed by atoms with van der Waals surface area (Å²) in [5, 5.41) is 12.4. The molecule has 0 bridgehead atoms. The molecule has 0 fully saturated rings. The van der Waals surface area contributed by atoms with Crippen LogP contribution in [-0.4, -0.2) is 60.0 Å². The van der Waals surface area contributed by atoms with Crippen LogP contribution in [0, 0.1) is 0 Å². The number of anilines is 1. The number of amides is 2. The Bertz CT molecular complexity index is 1600. The number of ether oxygens (including phenoxy) is 3. The summed E-state index contributed by atoms with van der Waals surface area (Å²) in [6, 6.07) is 12.3. The Hall–Kier alpha value is -3.80. The summed E-state index contributed by atoms with van der Waals surface area (Å²) in [6.45, 7) is 17.0. The fourth-order valence-electron chi connectivity index (χ4n) is 5.60. The summed E-state index contributed by atoms with van der Waals surface area (Å²) in [5.41, 5.74) is -1.21. The van der Waals surface area contributed by atoms with Gasteiger partial charge in [0.15, 0.2) is 0 Å². The van der Waals surface area contributed by atoms with Crippen LogP contribution in [0.15, 0.2) is 54.9 Å². The van der Waals surface area contributed by atoms with E-state index < -0.39 is 37.2 Å². The molecule has 1 aliphatic carbocycles. The van der Waals surface area contributed by atoms with Crippen LogP contribution in [0.2, 0.25) is 25.7 Å². The van der Waals surface area contributed by atoms with E-state index in [1.807, 2.05) is 6.07 Å². The summed E-state index contributed by atoms with van der Waals surface area (Å²) in [6.07, 6.45) is 3.50. The second-order valence-corrected chi connectivity index (χ2v) is 20.3. The number of aromatic nitrogens is 2. The van der Waals surface area contributed by atoms with Crippen molar-refractivity contribution in [3.8, 4) is 0 Å². The van der Waals surface area contributed by atoms with Crippen molar-refractivity contribution in [2.24, 2.45) is 0 Å². The number of fused-ring (bicyclic) bond motifs is 1. The Balaban J connectivity index is 1.80. The molecule has 248 valence electrons. The molecule has 1 atom stereocenters. The van der Waals surface area contributed by atoms with Crippen LogP contribution < -0.4 is 4.90 Å². The van der Waals surface area contributed by atoms with E-state index in [2.05, 4.69) is 38.5 Å². The van der Waals surface area contributed by atoms with Crippen LogP contribution in [0.25, 0.3) is 0 Å². The highest BCUT2D eigenvalue weighted by atomic mass is 28.3. The summed E-state index contributed by atoms with van der Waals surface area (Å²) >= 11 is 0. The largest absolute Gasteiger partial charge is 0.465 e. The van der Waals surface area contributed by atoms with E-state index in [0.717, 1.165) is 16.5 Å². The fraction of sp³-hybridized carbons (Fsp3) is 0.486. The first-order chi connectivity index (χ1) is 21.4. The van der Waals surface area contributed by atoms with Crippen LogP contribution in [0.5, 0.6) is 0 Å². The van der Waals surface area contributed by atoms with Crippen LogP contribution >= 0.6 is 0 Å². The van der Waals surface area contributed by atoms with Gasteiger partial charge in [-0.05, 0) is 80.5 Å². The Morgan fingerprint density at radius 2 is 1.74 bits per heavy atom. The van der Waals surface area contributed by atoms with Gasteiger partial charge in [-0.3, -0.25) is 4.79 Å². The molecule has 1 aromatic heterocycles. The van der Waals surface area contributed by atoms with Crippen LogP contribution in [0.4, 0.5) is 10.5 Å². The van der Waals surface area contributed by atoms with E-state index in [9.17, 15) is 19.5 Å². The number of esters is 1. The first-order valence-corrected chi connectivity index (χ1v) is 19.3. The van der Waals surface area contributed by atoms with Crippen LogP contribution in [-0.2, 0) is 32.0 Å². The normalized spacial score (nSPS) is 17.6. The van der Waals surface area contributed by atoms with Gasteiger partial charge in [0.25, 0.3) is 5.91 Å². The minimum Gasteiger partial charge on any atom is -0.465 e. The predicted molar refractivity (Wildman–Crippen MR) is 179 cm³/mol. The Kier molecular flexibility index (Phi) is 10.0. The van der Waals surface area contributed by atoms with Crippen molar-refractivity contribution >= 4 is 31.7 Å². The van der Waals surface area contributed by atoms with Gasteiger partial charge in [0.2, 0.25) is 0 Å². The highest BCUT2D eigenvalue weighted by Crippen LogP contribution is 2.48. The van der Waals surface area contributed by atoms with Crippen molar-refractivity contribution < 1.29 is 33.7 Å². The average Bonchev–Trinajstić information content (AvgIpc) is 3.45. The first-order valence-electron chi connectivity index (χ1n) is 15.6. The third kappa shape index (κ3) is 7.59. The fourth-order valence-corrected chi connectivity index (χ4v) is 6.36. The van der Waals surface area contributed by atoms with Crippen molar-refractivity contribution in [1.82, 2.24) is 9.55 Å². The predicted octanol–water partition coefficient (Wildman–Crippen LogP) is 6.87. The topological polar surface area (TPSA) is 120 Å². The first kappa shape index (κ1) is 35.1. The molecule has 10 nitrogen and oxygen atoms in total. The monoisotopic (exact) mass is 649 g/mol. The standard InChI is InChI=1S/C35H47N3O7Si/c1-33(2,3)45-32(41)38(28-13-11-10-12-25(28)30(40)43-6)29(39)24-14-15-26-27(22-24)35(42,17-16-34(26,4)5)31-36-18-19-37(31)23-44-20-21-46(7,8)9/h10-15,18-19,22,42H,16-17,20-21,23H2,1-9H3. The molecule has 3 aromatic rings. The molecule has 0 radical (unpaired) electrons. The maximum atomic E-state index is 14.4. The lowest BCUT2D eigenvalue weighted by Crippen LogP contribution is -2.43. The zero-order chi connectivity index (χ0) is 34.1. The lowest BCUT2D eigenvalue weighted by atomic mass is 9.66. The molecule has 1 aliphatic rings. The molecule has 46 heavy (non-hydrogen) atoms. The van der Waals surface area contributed by atoms with Gasteiger partial charge < -0.3 is 23.9 Å². The Labute approximate surface area is 272 Å². The molecule has 0 aliphatic heterocycles. The molecule has 4 rings (SSSR count). The number of aliphatic hydroxyl groups is 1. The summed E-state index contributed by atoms with van der Waals surface area (Å²) in [7, 11) is -0.0538. The third-order valence-corrected chi connectivity index (χ3v) is 9.90. The minimum absolute atomic E-state index is 0.0212. The zero-order valence-corrected chi connectivity index (χ0v) is 29.5. The van der Waals surface area contributed by atoms with Gasteiger partial charge in [-0.1, -0.05) is 51.7 Å². The molecular weight excluding hydrogens is 602 g/mol. The van der Waals surface area contributed by atoms with E-state index in [1.165, 1.54) is 19.2 Å². The van der Waals surface area contributed by atoms with E-state index in [0.29, 0.717) is 30.8 Å². The van der Waals surface area contributed by atoms with Gasteiger partial charge in [0, 0.05) is 32.6 Å². The van der Waals surface area contributed by atoms with Crippen molar-refractivity contribution in [2.75, 3.05) is 18.6 Å². The molecule has 0 saturated heterocycles. The number of hydrogen-bond donors (Lipinski definition) is 1. The third-order valence-electron chi connectivity index (χ3n) is 8.19. The molecule has 1 unspecified atom stereocenters. The number of benzene rings is 2. The number of methoxy groups -OCH3 is 1. The average molecular weight is 650 g/mol. The number of nitrogens with zero attached hydrogens (tertiary/aromatic N) is 3. The van der Waals surface area contributed by atoms with E-state index in [1.54, 1.807) is 62.0 Å². The quantitative estimate of drug-likeness (QED) is 0.152. The number of para-hydroxylation sites is 1. The van der Waals surface area contributed by atoms with Gasteiger partial charge in [0.05, 0.1) is 18.4 Å². The Morgan fingerprint density at radius 3 is 2.39 bits per heavy atom. The lowest BCUT2D eigenvalue weighted by Gasteiger charge is -2.42. The molecule has 0 saturated carbocycles. The lowest BCUT2D eigenvalue weighted by molar-refractivity contribution is 0.0230. The van der Waals surface area contributed by atoms with Gasteiger partial charge in [-0.25, -0.2) is 19.5 Å². The highest BCUT2D eigenvalue weighted by molar-refractivity contribution is 6.76. The van der Waals surface area contributed by atoms with Gasteiger partial charge in [-0.15, -0.1) is 0 Å². The van der Waals surface area contributed by atoms with Gasteiger partial charge in [-0.2, -0.15) is 0 Å². The molecular formula is C35H47N3O7Si. The molecule has 0 spiro atoms. The number of carbonyl (C=O) groups is 3. The van der Waals surface area contributed by atoms with E-state index >= 15 is 0 Å². The SMILES string of the molecule is COC(=O)c1ccccc1N(C(=O)OC(C)(C)C)C(=O)c1ccc2c(c1)C(O)(c1nccn1COCC[Si](C)(C)C)CCC2(C)C. The minimum atomic E-state index is -1.53. The second kappa shape index (κ2) is 13.1. The van der Waals surface area contributed by atoms with Crippen LogP contribution in [0.3, 0.4) is 0 Å². The van der Waals surface area contributed by atoms with Gasteiger partial charge >= 0.3 is 12.1 Å². The molecule has 1 N–H and O–H groups in total. The maximum Gasteiger partial charge on any atom is 0.422 e. The molecule has 2 amide bonds. The summed E-state index contributed by atoms with van der Waals surface area (Å²) < 4.78 is 18.4. The van der Waals surface area contributed by atoms with Crippen molar-refractivity contribution in [1.29, 1.82) is 0 Å². The summed E-state index contributed by atoms with van der Waals surface area (Å²) in [4.78, 5) is 46.1. The maximum absolute atomic E-state index is 14.4. The number of imide groups is 1. The molecule has 11 heteroatoms. The van der Waals surface area contributed by atoms with Gasteiger partial charge in [0.1, 0.15) is 23.8 Å². The number of hydrogen-bond acceptors (Lipinski definition) is 8. The number of imidazole rings is 1. The number of rotatable bonds is 9. The molecule has 1 heterocycles. The van der Waals surface area contributed by atoms with E-state index in [-0.39, 0.29) is 29.0 Å². The van der Waals surface area contributed by atoms with Crippen molar-refractivity contribution in [3.05, 3.63) is 82.9 Å².